The second-order valence-electron chi connectivity index (χ2n) is 5.32. The van der Waals surface area contributed by atoms with E-state index in [1.165, 1.54) is 30.2 Å². The van der Waals surface area contributed by atoms with Crippen LogP contribution in [0.3, 0.4) is 0 Å². The molecule has 0 radical (unpaired) electrons. The Morgan fingerprint density at radius 2 is 1.89 bits per heavy atom. The molecule has 3 aromatic rings. The summed E-state index contributed by atoms with van der Waals surface area (Å²) in [5, 5.41) is 1.46. The molecule has 0 aliphatic carbocycles. The summed E-state index contributed by atoms with van der Waals surface area (Å²) in [5.41, 5.74) is 6.48. The molecule has 0 unspecified atom stereocenters. The van der Waals surface area contributed by atoms with E-state index < -0.39 is 5.91 Å². The van der Waals surface area contributed by atoms with Crippen LogP contribution in [0.1, 0.15) is 16.1 Å². The molecule has 2 heterocycles. The third-order valence-corrected chi connectivity index (χ3v) is 5.02. The van der Waals surface area contributed by atoms with Gasteiger partial charge < -0.3 is 4.42 Å². The molecule has 1 amide bonds. The van der Waals surface area contributed by atoms with E-state index >= 15 is 0 Å². The number of nitrogens with zero attached hydrogens (tertiary/aromatic N) is 2. The van der Waals surface area contributed by atoms with Crippen LogP contribution in [-0.4, -0.2) is 22.1 Å². The first-order chi connectivity index (χ1) is 12.9. The molecule has 0 spiro atoms. The lowest BCUT2D eigenvalue weighted by Crippen LogP contribution is -2.31. The van der Waals surface area contributed by atoms with Gasteiger partial charge in [0.05, 0.1) is 33.3 Å². The molecule has 27 heavy (non-hydrogen) atoms. The predicted octanol–water partition coefficient (Wildman–Crippen LogP) is 5.48. The molecule has 0 saturated heterocycles. The number of hydrogen-bond donors (Lipinski definition) is 2. The van der Waals surface area contributed by atoms with E-state index in [1.54, 1.807) is 19.1 Å². The Labute approximate surface area is 174 Å². The highest BCUT2D eigenvalue weighted by Gasteiger charge is 2.20. The Morgan fingerprint density at radius 3 is 2.48 bits per heavy atom. The quantitative estimate of drug-likeness (QED) is 0.308. The number of carbonyl (C=O) groups is 1. The molecule has 1 aromatic carbocycles. The highest BCUT2D eigenvalue weighted by atomic mass is 35.5. The van der Waals surface area contributed by atoms with Crippen LogP contribution in [0.15, 0.2) is 40.0 Å². The van der Waals surface area contributed by atoms with Gasteiger partial charge in [-0.3, -0.25) is 15.6 Å². The van der Waals surface area contributed by atoms with Gasteiger partial charge in [-0.25, -0.2) is 9.97 Å². The van der Waals surface area contributed by atoms with Gasteiger partial charge in [0.2, 0.25) is 0 Å². The zero-order valence-electron chi connectivity index (χ0n) is 14.1. The Morgan fingerprint density at radius 1 is 1.19 bits per heavy atom. The zero-order valence-corrected chi connectivity index (χ0v) is 17.2. The topological polar surface area (TPSA) is 80.0 Å². The molecule has 10 heteroatoms. The number of benzene rings is 1. The first kappa shape index (κ1) is 19.8. The van der Waals surface area contributed by atoms with E-state index in [2.05, 4.69) is 20.8 Å². The number of aryl methyl sites for hydroxylation is 1. The summed E-state index contributed by atoms with van der Waals surface area (Å²) < 4.78 is 5.33. The lowest BCUT2D eigenvalue weighted by atomic mass is 10.2. The molecule has 2 aromatic heterocycles. The van der Waals surface area contributed by atoms with Gasteiger partial charge in [0, 0.05) is 5.02 Å². The summed E-state index contributed by atoms with van der Waals surface area (Å²) >= 11 is 19.4. The summed E-state index contributed by atoms with van der Waals surface area (Å²) in [7, 11) is 0. The lowest BCUT2D eigenvalue weighted by Gasteiger charge is -2.14. The van der Waals surface area contributed by atoms with Crippen molar-refractivity contribution in [2.24, 2.45) is 0 Å². The SMILES string of the molecule is CSc1nc(-c2ccco2)nc(C)c1C(=O)NNc1c(Cl)cc(Cl)cc1Cl. The number of rotatable bonds is 5. The van der Waals surface area contributed by atoms with Crippen LogP contribution in [0.4, 0.5) is 5.69 Å². The monoisotopic (exact) mass is 442 g/mol. The molecule has 2 N–H and O–H groups in total. The summed E-state index contributed by atoms with van der Waals surface area (Å²) in [6, 6.07) is 6.54. The molecule has 6 nitrogen and oxygen atoms in total. The van der Waals surface area contributed by atoms with Crippen LogP contribution in [0.2, 0.25) is 15.1 Å². The van der Waals surface area contributed by atoms with Crippen molar-refractivity contribution in [2.75, 3.05) is 11.7 Å². The maximum Gasteiger partial charge on any atom is 0.274 e. The van der Waals surface area contributed by atoms with Gasteiger partial charge in [0.25, 0.3) is 5.91 Å². The first-order valence-electron chi connectivity index (χ1n) is 7.58. The number of furan rings is 1. The van der Waals surface area contributed by atoms with Crippen LogP contribution in [0.5, 0.6) is 0 Å². The number of amides is 1. The Hall–Kier alpha value is -1.93. The molecule has 0 aliphatic heterocycles. The van der Waals surface area contributed by atoms with Gasteiger partial charge in [-0.2, -0.15) is 0 Å². The van der Waals surface area contributed by atoms with Crippen LogP contribution < -0.4 is 10.9 Å². The van der Waals surface area contributed by atoms with Gasteiger partial charge in [-0.05, 0) is 37.4 Å². The van der Waals surface area contributed by atoms with Crippen LogP contribution in [0.25, 0.3) is 11.6 Å². The van der Waals surface area contributed by atoms with Gasteiger partial charge >= 0.3 is 0 Å². The standard InChI is InChI=1S/C17H13Cl3N4O2S/c1-8-13(17(27-2)22-15(21-8)12-4-3-5-26-12)16(25)24-23-14-10(19)6-9(18)7-11(14)20/h3-7,23H,1-2H3,(H,24,25). The van der Waals surface area contributed by atoms with E-state index in [9.17, 15) is 4.79 Å². The largest absolute Gasteiger partial charge is 0.461 e. The molecule has 0 fully saturated rings. The van der Waals surface area contributed by atoms with E-state index in [0.717, 1.165) is 0 Å². The summed E-state index contributed by atoms with van der Waals surface area (Å²) in [6.07, 6.45) is 3.36. The second-order valence-corrected chi connectivity index (χ2v) is 7.36. The van der Waals surface area contributed by atoms with Gasteiger partial charge in [0.15, 0.2) is 11.6 Å². The van der Waals surface area contributed by atoms with Gasteiger partial charge in [-0.15, -0.1) is 11.8 Å². The summed E-state index contributed by atoms with van der Waals surface area (Å²) in [4.78, 5) is 21.5. The maximum absolute atomic E-state index is 12.7. The van der Waals surface area contributed by atoms with Crippen molar-refractivity contribution in [1.29, 1.82) is 0 Å². The van der Waals surface area contributed by atoms with E-state index in [1.807, 2.05) is 6.26 Å². The molecular formula is C17H13Cl3N4O2S. The molecule has 0 aliphatic rings. The third-order valence-electron chi connectivity index (χ3n) is 3.53. The summed E-state index contributed by atoms with van der Waals surface area (Å²) in [6.45, 7) is 1.73. The minimum atomic E-state index is -0.426. The predicted molar refractivity (Wildman–Crippen MR) is 109 cm³/mol. The van der Waals surface area contributed by atoms with Crippen molar-refractivity contribution < 1.29 is 9.21 Å². The minimum Gasteiger partial charge on any atom is -0.461 e. The number of carbonyl (C=O) groups excluding carboxylic acids is 1. The summed E-state index contributed by atoms with van der Waals surface area (Å²) in [5.74, 6) is 0.512. The average Bonchev–Trinajstić information content (AvgIpc) is 3.14. The van der Waals surface area contributed by atoms with Crippen molar-refractivity contribution in [1.82, 2.24) is 15.4 Å². The fraction of sp³-hybridized carbons (Fsp3) is 0.118. The molecule has 140 valence electrons. The lowest BCUT2D eigenvalue weighted by molar-refractivity contribution is 0.0958. The van der Waals surface area contributed by atoms with Gasteiger partial charge in [0.1, 0.15) is 5.03 Å². The van der Waals surface area contributed by atoms with E-state index in [0.29, 0.717) is 38.6 Å². The van der Waals surface area contributed by atoms with E-state index in [4.69, 9.17) is 39.2 Å². The molecular weight excluding hydrogens is 431 g/mol. The first-order valence-corrected chi connectivity index (χ1v) is 9.94. The molecule has 0 bridgehead atoms. The van der Waals surface area contributed by atoms with Crippen molar-refractivity contribution in [3.63, 3.8) is 0 Å². The van der Waals surface area contributed by atoms with Crippen LogP contribution in [-0.2, 0) is 0 Å². The van der Waals surface area contributed by atoms with Crippen molar-refractivity contribution in [2.45, 2.75) is 11.9 Å². The van der Waals surface area contributed by atoms with Gasteiger partial charge in [-0.1, -0.05) is 34.8 Å². The number of aromatic nitrogens is 2. The van der Waals surface area contributed by atoms with Crippen LogP contribution in [0, 0.1) is 6.92 Å². The molecule has 0 saturated carbocycles. The van der Waals surface area contributed by atoms with Crippen molar-refractivity contribution >= 4 is 58.2 Å². The van der Waals surface area contributed by atoms with Crippen molar-refractivity contribution in [3.05, 3.63) is 56.9 Å². The molecule has 3 rings (SSSR count). The zero-order chi connectivity index (χ0) is 19.6. The van der Waals surface area contributed by atoms with E-state index in [-0.39, 0.29) is 10.0 Å². The number of halogens is 3. The molecule has 0 atom stereocenters. The Balaban J connectivity index is 1.87. The second kappa shape index (κ2) is 8.39. The number of hydrazine groups is 1. The number of anilines is 1. The fourth-order valence-electron chi connectivity index (χ4n) is 2.32. The fourth-order valence-corrected chi connectivity index (χ4v) is 3.85. The highest BCUT2D eigenvalue weighted by molar-refractivity contribution is 7.98. The third kappa shape index (κ3) is 4.32. The minimum absolute atomic E-state index is 0.277. The Kier molecular flexibility index (Phi) is 6.16. The number of thioether (sulfide) groups is 1. The Bertz CT molecular complexity index is 973. The smallest absolute Gasteiger partial charge is 0.274 e. The number of hydrogen-bond acceptors (Lipinski definition) is 6. The number of nitrogens with one attached hydrogen (secondary N) is 2. The van der Waals surface area contributed by atoms with Crippen LogP contribution >= 0.6 is 46.6 Å². The van der Waals surface area contributed by atoms with Crippen molar-refractivity contribution in [3.8, 4) is 11.6 Å². The maximum atomic E-state index is 12.7. The normalized spacial score (nSPS) is 10.7. The average molecular weight is 444 g/mol. The highest BCUT2D eigenvalue weighted by Crippen LogP contribution is 2.33.